The quantitative estimate of drug-likeness (QED) is 0.367. The van der Waals surface area contributed by atoms with Crippen molar-refractivity contribution in [2.24, 2.45) is 5.92 Å². The van der Waals surface area contributed by atoms with E-state index in [9.17, 15) is 0 Å². The molecule has 1 saturated carbocycles. The van der Waals surface area contributed by atoms with Crippen LogP contribution in [0.1, 0.15) is 75.8 Å². The second kappa shape index (κ2) is 11.9. The van der Waals surface area contributed by atoms with E-state index in [2.05, 4.69) is 37.3 Å². The zero-order chi connectivity index (χ0) is 17.7. The predicted molar refractivity (Wildman–Crippen MR) is 104 cm³/mol. The molecule has 0 bridgehead atoms. The SMILES string of the molecule is CCCCCc1ccc(COC2CCC(CCC=CC#N)CC2)cc1. The van der Waals surface area contributed by atoms with Crippen molar-refractivity contribution in [1.82, 2.24) is 0 Å². The molecule has 0 spiro atoms. The first-order valence-corrected chi connectivity index (χ1v) is 10.1. The Morgan fingerprint density at radius 1 is 1.08 bits per heavy atom. The monoisotopic (exact) mass is 339 g/mol. The summed E-state index contributed by atoms with van der Waals surface area (Å²) in [5.74, 6) is 0.811. The van der Waals surface area contributed by atoms with Crippen molar-refractivity contribution in [3.05, 3.63) is 47.5 Å². The van der Waals surface area contributed by atoms with Crippen molar-refractivity contribution in [2.45, 2.75) is 83.8 Å². The Bertz CT molecular complexity index is 532. The first-order chi connectivity index (χ1) is 12.3. The van der Waals surface area contributed by atoms with Crippen LogP contribution in [0.25, 0.3) is 0 Å². The van der Waals surface area contributed by atoms with Gasteiger partial charge in [-0.1, -0.05) is 50.1 Å². The number of rotatable bonds is 10. The number of unbranched alkanes of at least 4 members (excludes halogenated alkanes) is 2. The Balaban J connectivity index is 1.62. The molecular weight excluding hydrogens is 306 g/mol. The molecule has 0 heterocycles. The summed E-state index contributed by atoms with van der Waals surface area (Å²) < 4.78 is 6.14. The molecule has 0 atom stereocenters. The molecule has 1 aliphatic carbocycles. The largest absolute Gasteiger partial charge is 0.374 e. The third-order valence-electron chi connectivity index (χ3n) is 5.31. The Kier molecular flexibility index (Phi) is 9.37. The molecule has 0 unspecified atom stereocenters. The first-order valence-electron chi connectivity index (χ1n) is 10.1. The van der Waals surface area contributed by atoms with Crippen LogP contribution in [0.3, 0.4) is 0 Å². The maximum absolute atomic E-state index is 8.50. The minimum absolute atomic E-state index is 0.426. The highest BCUT2D eigenvalue weighted by atomic mass is 16.5. The van der Waals surface area contributed by atoms with Gasteiger partial charge in [-0.25, -0.2) is 0 Å². The molecule has 1 fully saturated rings. The Hall–Kier alpha value is -1.59. The van der Waals surface area contributed by atoms with Gasteiger partial charge in [-0.3, -0.25) is 0 Å². The molecule has 2 rings (SSSR count). The molecule has 0 amide bonds. The maximum Gasteiger partial charge on any atom is 0.0908 e. The van der Waals surface area contributed by atoms with Gasteiger partial charge in [0.1, 0.15) is 0 Å². The average Bonchev–Trinajstić information content (AvgIpc) is 2.66. The molecule has 136 valence electrons. The van der Waals surface area contributed by atoms with Crippen LogP contribution in [0.15, 0.2) is 36.4 Å². The summed E-state index contributed by atoms with van der Waals surface area (Å²) in [5.41, 5.74) is 2.74. The molecule has 1 aliphatic rings. The van der Waals surface area contributed by atoms with E-state index in [1.165, 1.54) is 68.9 Å². The highest BCUT2D eigenvalue weighted by molar-refractivity contribution is 5.22. The number of allylic oxidation sites excluding steroid dienone is 2. The van der Waals surface area contributed by atoms with E-state index in [-0.39, 0.29) is 0 Å². The molecule has 0 N–H and O–H groups in total. The van der Waals surface area contributed by atoms with Gasteiger partial charge in [0, 0.05) is 6.08 Å². The van der Waals surface area contributed by atoms with Crippen molar-refractivity contribution in [3.8, 4) is 6.07 Å². The van der Waals surface area contributed by atoms with Crippen molar-refractivity contribution < 1.29 is 4.74 Å². The van der Waals surface area contributed by atoms with Gasteiger partial charge in [0.25, 0.3) is 0 Å². The normalized spacial score (nSPS) is 20.6. The topological polar surface area (TPSA) is 33.0 Å². The number of nitrogens with zero attached hydrogens (tertiary/aromatic N) is 1. The summed E-state index contributed by atoms with van der Waals surface area (Å²) in [5, 5.41) is 8.50. The third-order valence-corrected chi connectivity index (χ3v) is 5.31. The number of aryl methyl sites for hydroxylation is 1. The molecule has 2 heteroatoms. The molecule has 2 nitrogen and oxygen atoms in total. The summed E-state index contributed by atoms with van der Waals surface area (Å²) in [6, 6.07) is 11.0. The lowest BCUT2D eigenvalue weighted by Gasteiger charge is -2.28. The van der Waals surface area contributed by atoms with Gasteiger partial charge in [0.15, 0.2) is 0 Å². The number of hydrogen-bond acceptors (Lipinski definition) is 2. The molecular formula is C23H33NO. The fourth-order valence-electron chi connectivity index (χ4n) is 3.65. The van der Waals surface area contributed by atoms with Gasteiger partial charge in [-0.15, -0.1) is 0 Å². The van der Waals surface area contributed by atoms with Crippen LogP contribution in [0.2, 0.25) is 0 Å². The van der Waals surface area contributed by atoms with Gasteiger partial charge in [0.05, 0.1) is 18.8 Å². The minimum Gasteiger partial charge on any atom is -0.374 e. The Labute approximate surface area is 153 Å². The van der Waals surface area contributed by atoms with Gasteiger partial charge in [0.2, 0.25) is 0 Å². The van der Waals surface area contributed by atoms with Crippen molar-refractivity contribution >= 4 is 0 Å². The van der Waals surface area contributed by atoms with Gasteiger partial charge < -0.3 is 4.74 Å². The molecule has 0 saturated heterocycles. The lowest BCUT2D eigenvalue weighted by atomic mass is 9.84. The number of benzene rings is 1. The van der Waals surface area contributed by atoms with Crippen LogP contribution in [0.5, 0.6) is 0 Å². The fraction of sp³-hybridized carbons (Fsp3) is 0.609. The average molecular weight is 340 g/mol. The fourth-order valence-corrected chi connectivity index (χ4v) is 3.65. The molecule has 0 aromatic heterocycles. The van der Waals surface area contributed by atoms with E-state index < -0.39 is 0 Å². The smallest absolute Gasteiger partial charge is 0.0908 e. The summed E-state index contributed by atoms with van der Waals surface area (Å²) in [6.07, 6.45) is 16.3. The lowest BCUT2D eigenvalue weighted by molar-refractivity contribution is 0.00646. The molecule has 25 heavy (non-hydrogen) atoms. The Morgan fingerprint density at radius 3 is 2.48 bits per heavy atom. The zero-order valence-electron chi connectivity index (χ0n) is 15.8. The molecule has 0 radical (unpaired) electrons. The Morgan fingerprint density at radius 2 is 1.80 bits per heavy atom. The number of nitriles is 1. The zero-order valence-corrected chi connectivity index (χ0v) is 15.8. The van der Waals surface area contributed by atoms with E-state index in [0.29, 0.717) is 6.10 Å². The first kappa shape index (κ1) is 19.7. The standard InChI is InChI=1S/C23H33NO/c1-2-3-5-8-20-10-12-22(13-11-20)19-25-23-16-14-21(15-17-23)9-6-4-7-18-24/h4,7,10-13,21,23H,2-3,5-6,8-9,14-17,19H2,1H3. The van der Waals surface area contributed by atoms with E-state index in [1.54, 1.807) is 6.08 Å². The minimum atomic E-state index is 0.426. The summed E-state index contributed by atoms with van der Waals surface area (Å²) in [4.78, 5) is 0. The van der Waals surface area contributed by atoms with E-state index in [4.69, 9.17) is 10.00 Å². The van der Waals surface area contributed by atoms with Gasteiger partial charge in [-0.2, -0.15) is 5.26 Å². The molecule has 1 aromatic rings. The van der Waals surface area contributed by atoms with E-state index in [0.717, 1.165) is 18.9 Å². The highest BCUT2D eigenvalue weighted by Crippen LogP contribution is 2.30. The predicted octanol–water partition coefficient (Wildman–Crippen LogP) is 6.35. The van der Waals surface area contributed by atoms with E-state index >= 15 is 0 Å². The van der Waals surface area contributed by atoms with Crippen LogP contribution in [-0.4, -0.2) is 6.10 Å². The van der Waals surface area contributed by atoms with Crippen LogP contribution < -0.4 is 0 Å². The van der Waals surface area contributed by atoms with Crippen LogP contribution >= 0.6 is 0 Å². The number of hydrogen-bond donors (Lipinski definition) is 0. The van der Waals surface area contributed by atoms with Crippen LogP contribution in [0.4, 0.5) is 0 Å². The lowest BCUT2D eigenvalue weighted by Crippen LogP contribution is -2.21. The number of ether oxygens (including phenoxy) is 1. The van der Waals surface area contributed by atoms with Crippen LogP contribution in [0, 0.1) is 17.2 Å². The van der Waals surface area contributed by atoms with Crippen molar-refractivity contribution in [2.75, 3.05) is 0 Å². The maximum atomic E-state index is 8.50. The third kappa shape index (κ3) is 7.88. The molecule has 1 aromatic carbocycles. The molecule has 0 aliphatic heterocycles. The summed E-state index contributed by atoms with van der Waals surface area (Å²) in [6.45, 7) is 3.00. The van der Waals surface area contributed by atoms with Crippen molar-refractivity contribution in [1.29, 1.82) is 5.26 Å². The van der Waals surface area contributed by atoms with Crippen molar-refractivity contribution in [3.63, 3.8) is 0 Å². The summed E-state index contributed by atoms with van der Waals surface area (Å²) >= 11 is 0. The van der Waals surface area contributed by atoms with Gasteiger partial charge >= 0.3 is 0 Å². The van der Waals surface area contributed by atoms with E-state index in [1.807, 2.05) is 6.08 Å². The highest BCUT2D eigenvalue weighted by Gasteiger charge is 2.21. The van der Waals surface area contributed by atoms with Crippen LogP contribution in [-0.2, 0) is 17.8 Å². The second-order valence-corrected chi connectivity index (χ2v) is 7.34. The summed E-state index contributed by atoms with van der Waals surface area (Å²) in [7, 11) is 0. The second-order valence-electron chi connectivity index (χ2n) is 7.34. The van der Waals surface area contributed by atoms with Gasteiger partial charge in [-0.05, 0) is 68.4 Å².